The zero-order chi connectivity index (χ0) is 5.98. The molecule has 1 unspecified atom stereocenters. The second-order valence-electron chi connectivity index (χ2n) is 1.56. The summed E-state index contributed by atoms with van der Waals surface area (Å²) in [4.78, 5) is 0. The number of nitrogens with two attached hydrogens (primary N) is 1. The van der Waals surface area contributed by atoms with Gasteiger partial charge in [-0.2, -0.15) is 5.12 Å². The predicted octanol–water partition coefficient (Wildman–Crippen LogP) is 0.541. The molecule has 0 aromatic carbocycles. The van der Waals surface area contributed by atoms with E-state index in [1.165, 1.54) is 6.20 Å². The van der Waals surface area contributed by atoms with Gasteiger partial charge in [0.15, 0.2) is 0 Å². The molecule has 0 bridgehead atoms. The molecule has 3 heteroatoms. The molecule has 0 aromatic rings. The second kappa shape index (κ2) is 1.96. The molecule has 0 saturated heterocycles. The van der Waals surface area contributed by atoms with Crippen molar-refractivity contribution in [1.82, 2.24) is 5.12 Å². The Morgan fingerprint density at radius 2 is 2.25 bits per heavy atom. The van der Waals surface area contributed by atoms with Crippen molar-refractivity contribution in [2.75, 3.05) is 0 Å². The van der Waals surface area contributed by atoms with Gasteiger partial charge in [-0.1, -0.05) is 10.6 Å². The maximum atomic E-state index is 12.1. The van der Waals surface area contributed by atoms with E-state index in [2.05, 4.69) is 0 Å². The second-order valence-corrected chi connectivity index (χ2v) is 1.56. The summed E-state index contributed by atoms with van der Waals surface area (Å²) in [6, 6.07) is 0. The van der Waals surface area contributed by atoms with Crippen LogP contribution in [-0.2, 0) is 0 Å². The van der Waals surface area contributed by atoms with Gasteiger partial charge in [0.05, 0.1) is 0 Å². The van der Waals surface area contributed by atoms with Crippen molar-refractivity contribution in [3.63, 3.8) is 0 Å². The Balaban J connectivity index is 2.59. The minimum Gasteiger partial charge on any atom is -0.306 e. The SMILES string of the molecule is NC1C=CC=CN1F. The van der Waals surface area contributed by atoms with Crippen LogP contribution in [0.3, 0.4) is 0 Å². The van der Waals surface area contributed by atoms with E-state index in [4.69, 9.17) is 5.73 Å². The quantitative estimate of drug-likeness (QED) is 0.466. The zero-order valence-corrected chi connectivity index (χ0v) is 4.29. The number of hydrogen-bond donors (Lipinski definition) is 1. The molecule has 1 atom stereocenters. The Hall–Kier alpha value is -0.830. The van der Waals surface area contributed by atoms with Crippen molar-refractivity contribution in [3.8, 4) is 0 Å². The summed E-state index contributed by atoms with van der Waals surface area (Å²) < 4.78 is 12.1. The molecule has 1 aliphatic rings. The lowest BCUT2D eigenvalue weighted by Gasteiger charge is -2.15. The maximum Gasteiger partial charge on any atom is 0.127 e. The Morgan fingerprint density at radius 1 is 1.50 bits per heavy atom. The topological polar surface area (TPSA) is 29.3 Å². The van der Waals surface area contributed by atoms with Crippen LogP contribution >= 0.6 is 0 Å². The summed E-state index contributed by atoms with van der Waals surface area (Å²) in [6.45, 7) is 0. The lowest BCUT2D eigenvalue weighted by molar-refractivity contribution is 0.0583. The summed E-state index contributed by atoms with van der Waals surface area (Å²) in [5, 5.41) is 0.444. The number of nitrogens with zero attached hydrogens (tertiary/aromatic N) is 1. The highest BCUT2D eigenvalue weighted by molar-refractivity contribution is 5.09. The van der Waals surface area contributed by atoms with Crippen molar-refractivity contribution in [2.45, 2.75) is 6.17 Å². The van der Waals surface area contributed by atoms with E-state index in [1.54, 1.807) is 18.2 Å². The Kier molecular flexibility index (Phi) is 1.30. The maximum absolute atomic E-state index is 12.1. The van der Waals surface area contributed by atoms with Crippen molar-refractivity contribution in [2.24, 2.45) is 5.73 Å². The van der Waals surface area contributed by atoms with Gasteiger partial charge in [-0.05, 0) is 12.2 Å². The lowest BCUT2D eigenvalue weighted by Crippen LogP contribution is -2.31. The van der Waals surface area contributed by atoms with Crippen LogP contribution in [0.4, 0.5) is 4.48 Å². The van der Waals surface area contributed by atoms with Crippen molar-refractivity contribution in [1.29, 1.82) is 0 Å². The molecule has 0 spiro atoms. The van der Waals surface area contributed by atoms with Crippen LogP contribution in [0.15, 0.2) is 24.4 Å². The highest BCUT2D eigenvalue weighted by Gasteiger charge is 2.05. The Bertz CT molecular complexity index is 114. The molecular weight excluding hydrogens is 107 g/mol. The third kappa shape index (κ3) is 0.869. The van der Waals surface area contributed by atoms with E-state index in [1.807, 2.05) is 0 Å². The Morgan fingerprint density at radius 3 is 2.62 bits per heavy atom. The number of allylic oxidation sites excluding steroid dienone is 2. The summed E-state index contributed by atoms with van der Waals surface area (Å²) in [5.41, 5.74) is 5.19. The molecule has 1 aliphatic heterocycles. The van der Waals surface area contributed by atoms with Crippen molar-refractivity contribution in [3.05, 3.63) is 24.4 Å². The van der Waals surface area contributed by atoms with Crippen LogP contribution < -0.4 is 5.73 Å². The van der Waals surface area contributed by atoms with Gasteiger partial charge >= 0.3 is 0 Å². The first-order valence-corrected chi connectivity index (χ1v) is 2.35. The minimum absolute atomic E-state index is 0.444. The molecule has 8 heavy (non-hydrogen) atoms. The molecule has 0 aromatic heterocycles. The predicted molar refractivity (Wildman–Crippen MR) is 29.2 cm³/mol. The Labute approximate surface area is 47.0 Å². The van der Waals surface area contributed by atoms with E-state index in [0.29, 0.717) is 5.12 Å². The van der Waals surface area contributed by atoms with Crippen LogP contribution in [0.2, 0.25) is 0 Å². The van der Waals surface area contributed by atoms with E-state index in [-0.39, 0.29) is 0 Å². The van der Waals surface area contributed by atoms with Crippen LogP contribution in [0.1, 0.15) is 0 Å². The van der Waals surface area contributed by atoms with Crippen LogP contribution in [0.25, 0.3) is 0 Å². The molecule has 44 valence electrons. The first-order chi connectivity index (χ1) is 3.80. The monoisotopic (exact) mass is 114 g/mol. The van der Waals surface area contributed by atoms with Gasteiger partial charge < -0.3 is 5.73 Å². The van der Waals surface area contributed by atoms with E-state index in [0.717, 1.165) is 0 Å². The van der Waals surface area contributed by atoms with E-state index < -0.39 is 6.17 Å². The largest absolute Gasteiger partial charge is 0.306 e. The fourth-order valence-electron chi connectivity index (χ4n) is 0.492. The average Bonchev–Trinajstić information content (AvgIpc) is 1.77. The minimum atomic E-state index is -0.597. The molecule has 0 saturated carbocycles. The molecule has 0 aliphatic carbocycles. The summed E-state index contributed by atoms with van der Waals surface area (Å²) >= 11 is 0. The smallest absolute Gasteiger partial charge is 0.127 e. The molecule has 2 N–H and O–H groups in total. The van der Waals surface area contributed by atoms with Crippen LogP contribution in [-0.4, -0.2) is 11.3 Å². The van der Waals surface area contributed by atoms with Gasteiger partial charge in [0.2, 0.25) is 0 Å². The summed E-state index contributed by atoms with van der Waals surface area (Å²) in [7, 11) is 0. The molecule has 0 fully saturated rings. The number of halogens is 1. The third-order valence-corrected chi connectivity index (χ3v) is 0.933. The number of hydrogen-bond acceptors (Lipinski definition) is 2. The van der Waals surface area contributed by atoms with Crippen molar-refractivity contribution < 1.29 is 4.48 Å². The van der Waals surface area contributed by atoms with E-state index in [9.17, 15) is 4.48 Å². The molecule has 1 heterocycles. The van der Waals surface area contributed by atoms with Gasteiger partial charge in [0.1, 0.15) is 6.17 Å². The van der Waals surface area contributed by atoms with E-state index >= 15 is 0 Å². The first-order valence-electron chi connectivity index (χ1n) is 2.35. The van der Waals surface area contributed by atoms with Gasteiger partial charge in [0, 0.05) is 6.20 Å². The van der Waals surface area contributed by atoms with Crippen LogP contribution in [0.5, 0.6) is 0 Å². The summed E-state index contributed by atoms with van der Waals surface area (Å²) in [5.74, 6) is 0. The normalized spacial score (nSPS) is 26.8. The highest BCUT2D eigenvalue weighted by atomic mass is 19.2. The zero-order valence-electron chi connectivity index (χ0n) is 4.29. The van der Waals surface area contributed by atoms with Gasteiger partial charge in [-0.25, -0.2) is 0 Å². The van der Waals surface area contributed by atoms with Gasteiger partial charge in [0.25, 0.3) is 0 Å². The van der Waals surface area contributed by atoms with Crippen molar-refractivity contribution >= 4 is 0 Å². The van der Waals surface area contributed by atoms with Crippen LogP contribution in [0, 0.1) is 0 Å². The fraction of sp³-hybridized carbons (Fsp3) is 0.200. The fourth-order valence-corrected chi connectivity index (χ4v) is 0.492. The standard InChI is InChI=1S/C5H7FN2/c6-8-4-2-1-3-5(8)7/h1-5H,7H2. The summed E-state index contributed by atoms with van der Waals surface area (Å²) in [6.07, 6.45) is 5.55. The molecular formula is C5H7FN2. The van der Waals surface area contributed by atoms with Gasteiger partial charge in [-0.15, -0.1) is 0 Å². The molecule has 0 amide bonds. The van der Waals surface area contributed by atoms with Gasteiger partial charge in [-0.3, -0.25) is 0 Å². The number of rotatable bonds is 0. The average molecular weight is 114 g/mol. The molecule has 1 rings (SSSR count). The highest BCUT2D eigenvalue weighted by Crippen LogP contribution is 2.01. The lowest BCUT2D eigenvalue weighted by atomic mass is 10.3. The molecule has 0 radical (unpaired) electrons. The molecule has 2 nitrogen and oxygen atoms in total. The third-order valence-electron chi connectivity index (χ3n) is 0.933. The first kappa shape index (κ1) is 5.31.